The van der Waals surface area contributed by atoms with E-state index in [0.717, 1.165) is 5.52 Å². The maximum absolute atomic E-state index is 12.4. The number of ether oxygens (including phenoxy) is 1. The molecule has 0 aliphatic rings. The molecule has 0 fully saturated rings. The van der Waals surface area contributed by atoms with Gasteiger partial charge in [-0.25, -0.2) is 9.78 Å². The lowest BCUT2D eigenvalue weighted by molar-refractivity contribution is -0.116. The Balaban J connectivity index is 1.52. The number of carbonyl (C=O) groups is 3. The van der Waals surface area contributed by atoms with Crippen LogP contribution in [0, 0.1) is 0 Å². The molecule has 0 bridgehead atoms. The number of aryl methyl sites for hydroxylation is 1. The van der Waals surface area contributed by atoms with Gasteiger partial charge in [0, 0.05) is 30.8 Å². The number of anilines is 1. The molecule has 2 aromatic carbocycles. The Bertz CT molecular complexity index is 1090. The van der Waals surface area contributed by atoms with E-state index in [2.05, 4.69) is 20.4 Å². The van der Waals surface area contributed by atoms with Crippen molar-refractivity contribution in [2.75, 3.05) is 19.0 Å². The van der Waals surface area contributed by atoms with Crippen molar-refractivity contribution in [1.29, 1.82) is 0 Å². The average molecular weight is 429 g/mol. The quantitative estimate of drug-likeness (QED) is 0.562. The van der Waals surface area contributed by atoms with E-state index < -0.39 is 5.97 Å². The van der Waals surface area contributed by atoms with Crippen molar-refractivity contribution >= 4 is 46.1 Å². The molecule has 0 saturated heterocycles. The van der Waals surface area contributed by atoms with E-state index >= 15 is 0 Å². The van der Waals surface area contributed by atoms with Crippen LogP contribution in [0.3, 0.4) is 0 Å². The van der Waals surface area contributed by atoms with Gasteiger partial charge in [0.05, 0.1) is 23.7 Å². The molecule has 2 amide bonds. The van der Waals surface area contributed by atoms with Crippen LogP contribution in [-0.2, 0) is 16.1 Å². The van der Waals surface area contributed by atoms with Gasteiger partial charge < -0.3 is 19.9 Å². The number of aromatic nitrogens is 2. The maximum Gasteiger partial charge on any atom is 0.337 e. The first-order valence-electron chi connectivity index (χ1n) is 9.35. The summed E-state index contributed by atoms with van der Waals surface area (Å²) in [5.74, 6) is -1.00. The summed E-state index contributed by atoms with van der Waals surface area (Å²) in [6, 6.07) is 11.5. The van der Waals surface area contributed by atoms with Gasteiger partial charge in [0.2, 0.25) is 11.2 Å². The molecule has 8 nitrogen and oxygen atoms in total. The number of amides is 2. The molecule has 0 unspecified atom stereocenters. The first-order chi connectivity index (χ1) is 14.4. The van der Waals surface area contributed by atoms with Crippen LogP contribution in [0.25, 0.3) is 11.0 Å². The van der Waals surface area contributed by atoms with Crippen molar-refractivity contribution in [1.82, 2.24) is 14.9 Å². The fourth-order valence-corrected chi connectivity index (χ4v) is 3.27. The third kappa shape index (κ3) is 4.77. The molecule has 3 aromatic rings. The highest BCUT2D eigenvalue weighted by Crippen LogP contribution is 2.21. The summed E-state index contributed by atoms with van der Waals surface area (Å²) in [6.45, 7) is 2.82. The molecule has 156 valence electrons. The van der Waals surface area contributed by atoms with Crippen LogP contribution in [0.2, 0.25) is 5.28 Å². The number of hydrogen-bond acceptors (Lipinski definition) is 5. The fraction of sp³-hybridized carbons (Fsp3) is 0.238. The van der Waals surface area contributed by atoms with E-state index in [-0.39, 0.29) is 24.8 Å². The van der Waals surface area contributed by atoms with Crippen LogP contribution in [0.5, 0.6) is 0 Å². The number of carbonyl (C=O) groups excluding carboxylic acids is 3. The Labute approximate surface area is 178 Å². The number of hydrogen-bond donors (Lipinski definition) is 2. The minimum Gasteiger partial charge on any atom is -0.465 e. The summed E-state index contributed by atoms with van der Waals surface area (Å²) in [4.78, 5) is 40.1. The SMILES string of the molecule is CCn1c(Cl)nc2cc(C(=O)NCCC(=O)Nc3ccc(C(=O)OC)cc3)ccc21. The number of nitrogens with zero attached hydrogens (tertiary/aromatic N) is 2. The zero-order valence-electron chi connectivity index (χ0n) is 16.6. The molecule has 0 spiro atoms. The molecule has 0 atom stereocenters. The summed E-state index contributed by atoms with van der Waals surface area (Å²) in [7, 11) is 1.30. The average Bonchev–Trinajstić information content (AvgIpc) is 3.07. The molecule has 0 saturated carbocycles. The predicted molar refractivity (Wildman–Crippen MR) is 114 cm³/mol. The second-order valence-corrected chi connectivity index (χ2v) is 6.79. The second kappa shape index (κ2) is 9.41. The van der Waals surface area contributed by atoms with Crippen molar-refractivity contribution < 1.29 is 19.1 Å². The summed E-state index contributed by atoms with van der Waals surface area (Å²) in [6.07, 6.45) is 0.100. The van der Waals surface area contributed by atoms with Crippen molar-refractivity contribution in [2.45, 2.75) is 19.9 Å². The van der Waals surface area contributed by atoms with Gasteiger partial charge in [-0.2, -0.15) is 0 Å². The normalized spacial score (nSPS) is 10.6. The number of halogens is 1. The highest BCUT2D eigenvalue weighted by molar-refractivity contribution is 6.29. The highest BCUT2D eigenvalue weighted by Gasteiger charge is 2.12. The molecule has 1 aromatic heterocycles. The third-order valence-electron chi connectivity index (χ3n) is 4.51. The van der Waals surface area contributed by atoms with Gasteiger partial charge in [-0.15, -0.1) is 0 Å². The molecule has 1 heterocycles. The zero-order chi connectivity index (χ0) is 21.7. The Morgan fingerprint density at radius 2 is 1.80 bits per heavy atom. The lowest BCUT2D eigenvalue weighted by atomic mass is 10.2. The second-order valence-electron chi connectivity index (χ2n) is 6.45. The molecular weight excluding hydrogens is 408 g/mol. The van der Waals surface area contributed by atoms with Crippen LogP contribution in [-0.4, -0.2) is 41.0 Å². The van der Waals surface area contributed by atoms with Crippen LogP contribution >= 0.6 is 11.6 Å². The first kappa shape index (κ1) is 21.3. The Morgan fingerprint density at radius 3 is 2.47 bits per heavy atom. The van der Waals surface area contributed by atoms with Gasteiger partial charge in [0.15, 0.2) is 0 Å². The van der Waals surface area contributed by atoms with Gasteiger partial charge in [0.1, 0.15) is 0 Å². The van der Waals surface area contributed by atoms with Gasteiger partial charge in [-0.3, -0.25) is 9.59 Å². The molecule has 9 heteroatoms. The van der Waals surface area contributed by atoms with E-state index in [4.69, 9.17) is 11.6 Å². The van der Waals surface area contributed by atoms with Crippen LogP contribution in [0.1, 0.15) is 34.1 Å². The Morgan fingerprint density at radius 1 is 1.10 bits per heavy atom. The van der Waals surface area contributed by atoms with Crippen molar-refractivity contribution in [3.63, 3.8) is 0 Å². The molecular formula is C21H21ClN4O4. The number of benzene rings is 2. The minimum atomic E-state index is -0.447. The monoisotopic (exact) mass is 428 g/mol. The standard InChI is InChI=1S/C21H21ClN4O4/c1-3-26-17-9-6-14(12-16(17)25-21(26)22)19(28)23-11-10-18(27)24-15-7-4-13(5-8-15)20(29)30-2/h4-9,12H,3,10-11H2,1-2H3,(H,23,28)(H,24,27). The number of nitrogens with one attached hydrogen (secondary N) is 2. The summed E-state index contributed by atoms with van der Waals surface area (Å²) in [5, 5.41) is 5.80. The Hall–Kier alpha value is -3.39. The lowest BCUT2D eigenvalue weighted by Crippen LogP contribution is -2.27. The van der Waals surface area contributed by atoms with E-state index in [1.807, 2.05) is 11.5 Å². The topological polar surface area (TPSA) is 102 Å². The number of esters is 1. The third-order valence-corrected chi connectivity index (χ3v) is 4.80. The van der Waals surface area contributed by atoms with Crippen LogP contribution in [0.4, 0.5) is 5.69 Å². The molecule has 3 rings (SSSR count). The molecule has 0 aliphatic heterocycles. The van der Waals surface area contributed by atoms with Crippen molar-refractivity contribution in [2.24, 2.45) is 0 Å². The van der Waals surface area contributed by atoms with Crippen molar-refractivity contribution in [3.8, 4) is 0 Å². The molecule has 30 heavy (non-hydrogen) atoms. The van der Waals surface area contributed by atoms with Gasteiger partial charge in [-0.1, -0.05) is 0 Å². The first-order valence-corrected chi connectivity index (χ1v) is 9.73. The van der Waals surface area contributed by atoms with Gasteiger partial charge in [-0.05, 0) is 61.0 Å². The van der Waals surface area contributed by atoms with E-state index in [9.17, 15) is 14.4 Å². The number of fused-ring (bicyclic) bond motifs is 1. The summed E-state index contributed by atoms with van der Waals surface area (Å²) < 4.78 is 6.48. The fourth-order valence-electron chi connectivity index (χ4n) is 2.97. The van der Waals surface area contributed by atoms with Crippen molar-refractivity contribution in [3.05, 3.63) is 58.9 Å². The zero-order valence-corrected chi connectivity index (χ0v) is 17.3. The summed E-state index contributed by atoms with van der Waals surface area (Å²) in [5.41, 5.74) is 2.88. The lowest BCUT2D eigenvalue weighted by Gasteiger charge is -2.08. The number of rotatable bonds is 7. The van der Waals surface area contributed by atoms with Crippen LogP contribution in [0.15, 0.2) is 42.5 Å². The van der Waals surface area contributed by atoms with E-state index in [1.165, 1.54) is 7.11 Å². The molecule has 0 radical (unpaired) electrons. The minimum absolute atomic E-state index is 0.100. The number of imidazole rings is 1. The largest absolute Gasteiger partial charge is 0.465 e. The van der Waals surface area contributed by atoms with E-state index in [0.29, 0.717) is 34.2 Å². The Kier molecular flexibility index (Phi) is 6.68. The van der Waals surface area contributed by atoms with E-state index in [1.54, 1.807) is 42.5 Å². The van der Waals surface area contributed by atoms with Gasteiger partial charge >= 0.3 is 5.97 Å². The highest BCUT2D eigenvalue weighted by atomic mass is 35.5. The number of methoxy groups -OCH3 is 1. The van der Waals surface area contributed by atoms with Crippen LogP contribution < -0.4 is 10.6 Å². The maximum atomic E-state index is 12.4. The molecule has 0 aliphatic carbocycles. The molecule has 2 N–H and O–H groups in total. The smallest absolute Gasteiger partial charge is 0.337 e. The predicted octanol–water partition coefficient (Wildman–Crippen LogP) is 3.25. The summed E-state index contributed by atoms with van der Waals surface area (Å²) >= 11 is 6.10. The van der Waals surface area contributed by atoms with Gasteiger partial charge in [0.25, 0.3) is 5.91 Å².